The zero-order valence-corrected chi connectivity index (χ0v) is 6.75. The van der Waals surface area contributed by atoms with Crippen molar-refractivity contribution >= 4 is 28.7 Å². The molecule has 1 rings (SSSR count). The van der Waals surface area contributed by atoms with Crippen LogP contribution in [0.25, 0.3) is 0 Å². The molecule has 0 aliphatic carbocycles. The van der Waals surface area contributed by atoms with E-state index in [0.29, 0.717) is 0 Å². The van der Waals surface area contributed by atoms with Gasteiger partial charge in [-0.15, -0.1) is 11.3 Å². The lowest BCUT2D eigenvalue weighted by Gasteiger charge is -1.94. The Morgan fingerprint density at radius 1 is 1.64 bits per heavy atom. The van der Waals surface area contributed by atoms with Crippen molar-refractivity contribution in [1.82, 2.24) is 0 Å². The van der Waals surface area contributed by atoms with Crippen molar-refractivity contribution in [2.45, 2.75) is 6.43 Å². The second-order valence-corrected chi connectivity index (χ2v) is 3.09. The Hall–Kier alpha value is -0.480. The van der Waals surface area contributed by atoms with Crippen LogP contribution in [0.1, 0.15) is 9.67 Å². The van der Waals surface area contributed by atoms with Crippen molar-refractivity contribution in [3.63, 3.8) is 0 Å². The first-order valence-corrected chi connectivity index (χ1v) is 3.94. The maximum absolute atomic E-state index is 11.8. The minimum absolute atomic E-state index is 0.0679. The van der Waals surface area contributed by atoms with Gasteiger partial charge in [-0.3, -0.25) is 4.79 Å². The lowest BCUT2D eigenvalue weighted by Crippen LogP contribution is -2.08. The first-order valence-electron chi connectivity index (χ1n) is 2.68. The van der Waals surface area contributed by atoms with Gasteiger partial charge in [-0.05, 0) is 11.4 Å². The Morgan fingerprint density at radius 2 is 2.27 bits per heavy atom. The predicted molar refractivity (Wildman–Crippen MR) is 39.7 cm³/mol. The van der Waals surface area contributed by atoms with E-state index in [0.717, 1.165) is 11.3 Å². The molecule has 0 aromatic carbocycles. The molecule has 0 N–H and O–H groups in total. The molecule has 0 bridgehead atoms. The molecule has 0 spiro atoms. The van der Waals surface area contributed by atoms with Crippen molar-refractivity contribution in [3.05, 3.63) is 21.3 Å². The maximum Gasteiger partial charge on any atom is 0.301 e. The van der Waals surface area contributed by atoms with Crippen LogP contribution >= 0.6 is 22.9 Å². The van der Waals surface area contributed by atoms with Crippen LogP contribution in [0.4, 0.5) is 8.78 Å². The normalized spacial score (nSPS) is 10.5. The topological polar surface area (TPSA) is 17.1 Å². The number of rotatable bonds is 2. The summed E-state index contributed by atoms with van der Waals surface area (Å²) >= 11 is 6.36. The number of carbonyl (C=O) groups is 1. The van der Waals surface area contributed by atoms with Crippen molar-refractivity contribution in [3.8, 4) is 0 Å². The van der Waals surface area contributed by atoms with Crippen LogP contribution < -0.4 is 0 Å². The van der Waals surface area contributed by atoms with Crippen LogP contribution in [-0.2, 0) is 0 Å². The lowest BCUT2D eigenvalue weighted by atomic mass is 10.3. The molecule has 0 atom stereocenters. The second-order valence-electron chi connectivity index (χ2n) is 1.76. The zero-order valence-electron chi connectivity index (χ0n) is 5.18. The largest absolute Gasteiger partial charge is 0.301 e. The smallest absolute Gasteiger partial charge is 0.287 e. The number of hydrogen-bond acceptors (Lipinski definition) is 2. The van der Waals surface area contributed by atoms with E-state index >= 15 is 0 Å². The number of thiophene rings is 1. The summed E-state index contributed by atoms with van der Waals surface area (Å²) in [5.41, 5.74) is 0. The number of carbonyl (C=O) groups excluding carboxylic acids is 1. The highest BCUT2D eigenvalue weighted by Gasteiger charge is 2.21. The molecule has 1 heterocycles. The van der Waals surface area contributed by atoms with Gasteiger partial charge in [0.1, 0.15) is 0 Å². The van der Waals surface area contributed by atoms with E-state index in [9.17, 15) is 13.6 Å². The van der Waals surface area contributed by atoms with Crippen LogP contribution in [0.5, 0.6) is 0 Å². The van der Waals surface area contributed by atoms with Gasteiger partial charge in [-0.2, -0.15) is 0 Å². The van der Waals surface area contributed by atoms with Crippen molar-refractivity contribution in [2.24, 2.45) is 0 Å². The number of ketones is 1. The Balaban J connectivity index is 2.93. The van der Waals surface area contributed by atoms with E-state index in [1.54, 1.807) is 0 Å². The summed E-state index contributed by atoms with van der Waals surface area (Å²) < 4.78 is 23.5. The van der Waals surface area contributed by atoms with E-state index in [1.807, 2.05) is 0 Å². The van der Waals surface area contributed by atoms with Gasteiger partial charge in [0, 0.05) is 0 Å². The first-order chi connectivity index (χ1) is 5.13. The summed E-state index contributed by atoms with van der Waals surface area (Å²) in [6.07, 6.45) is -2.97. The van der Waals surface area contributed by atoms with E-state index in [-0.39, 0.29) is 9.90 Å². The Morgan fingerprint density at radius 3 is 2.64 bits per heavy atom. The highest BCUT2D eigenvalue weighted by atomic mass is 35.5. The van der Waals surface area contributed by atoms with Gasteiger partial charge in [0.25, 0.3) is 0 Å². The van der Waals surface area contributed by atoms with Crippen LogP contribution in [0.15, 0.2) is 11.4 Å². The number of hydrogen-bond donors (Lipinski definition) is 0. The highest BCUT2D eigenvalue weighted by molar-refractivity contribution is 7.12. The Labute approximate surface area is 70.6 Å². The molecular formula is C6H3ClF2OS. The third-order valence-corrected chi connectivity index (χ3v) is 2.40. The molecule has 0 saturated carbocycles. The van der Waals surface area contributed by atoms with E-state index in [2.05, 4.69) is 0 Å². The monoisotopic (exact) mass is 196 g/mol. The first kappa shape index (κ1) is 8.62. The molecule has 0 radical (unpaired) electrons. The highest BCUT2D eigenvalue weighted by Crippen LogP contribution is 2.24. The average molecular weight is 197 g/mol. The fourth-order valence-corrected chi connectivity index (χ4v) is 1.66. The molecule has 1 aromatic rings. The number of halogens is 3. The lowest BCUT2D eigenvalue weighted by molar-refractivity contribution is 0.0683. The summed E-state index contributed by atoms with van der Waals surface area (Å²) in [7, 11) is 0. The average Bonchev–Trinajstić information content (AvgIpc) is 2.33. The van der Waals surface area contributed by atoms with E-state index in [4.69, 9.17) is 11.6 Å². The molecular weight excluding hydrogens is 194 g/mol. The Bertz CT molecular complexity index is 271. The molecule has 0 aliphatic rings. The molecule has 0 fully saturated rings. The van der Waals surface area contributed by atoms with Crippen LogP contribution in [0.3, 0.4) is 0 Å². The van der Waals surface area contributed by atoms with Gasteiger partial charge in [-0.1, -0.05) is 11.6 Å². The number of alkyl halides is 2. The molecule has 5 heteroatoms. The molecule has 0 unspecified atom stereocenters. The summed E-state index contributed by atoms with van der Waals surface area (Å²) in [4.78, 5) is 10.5. The molecule has 0 aliphatic heterocycles. The maximum atomic E-state index is 11.8. The second kappa shape index (κ2) is 3.28. The van der Waals surface area contributed by atoms with Crippen molar-refractivity contribution < 1.29 is 13.6 Å². The molecule has 0 amide bonds. The minimum atomic E-state index is -2.97. The summed E-state index contributed by atoms with van der Waals surface area (Å²) in [5.74, 6) is -1.20. The van der Waals surface area contributed by atoms with Gasteiger partial charge < -0.3 is 0 Å². The third-order valence-electron chi connectivity index (χ3n) is 1.04. The van der Waals surface area contributed by atoms with Gasteiger partial charge >= 0.3 is 6.43 Å². The summed E-state index contributed by atoms with van der Waals surface area (Å²) in [6.45, 7) is 0. The summed E-state index contributed by atoms with van der Waals surface area (Å²) in [6, 6.07) is 1.42. The van der Waals surface area contributed by atoms with Gasteiger partial charge in [0.05, 0.1) is 9.90 Å². The fourth-order valence-electron chi connectivity index (χ4n) is 0.569. The molecule has 0 saturated heterocycles. The molecule has 1 nitrogen and oxygen atoms in total. The molecule has 1 aromatic heterocycles. The van der Waals surface area contributed by atoms with Crippen molar-refractivity contribution in [2.75, 3.05) is 0 Å². The summed E-state index contributed by atoms with van der Waals surface area (Å²) in [5, 5.41) is 1.60. The zero-order chi connectivity index (χ0) is 8.43. The van der Waals surface area contributed by atoms with Crippen LogP contribution in [0.2, 0.25) is 5.02 Å². The quantitative estimate of drug-likeness (QED) is 0.665. The molecule has 11 heavy (non-hydrogen) atoms. The van der Waals surface area contributed by atoms with E-state index < -0.39 is 12.2 Å². The Kier molecular flexibility index (Phi) is 2.57. The van der Waals surface area contributed by atoms with Crippen LogP contribution in [-0.4, -0.2) is 12.2 Å². The minimum Gasteiger partial charge on any atom is -0.287 e. The SMILES string of the molecule is O=C(c1sccc1Cl)C(F)F. The third kappa shape index (κ3) is 1.75. The van der Waals surface area contributed by atoms with Crippen molar-refractivity contribution in [1.29, 1.82) is 0 Å². The van der Waals surface area contributed by atoms with E-state index in [1.165, 1.54) is 11.4 Å². The van der Waals surface area contributed by atoms with Gasteiger partial charge in [-0.25, -0.2) is 8.78 Å². The molecule has 60 valence electrons. The van der Waals surface area contributed by atoms with Gasteiger partial charge in [0.15, 0.2) is 0 Å². The predicted octanol–water partition coefficient (Wildman–Crippen LogP) is 2.85. The standard InChI is InChI=1S/C6H3ClF2OS/c7-3-1-2-11-5(3)4(10)6(8)9/h1-2,6H. The number of Topliss-reactive ketones (excluding diaryl/α,β-unsaturated/α-hetero) is 1. The van der Waals surface area contributed by atoms with Gasteiger partial charge in [0.2, 0.25) is 5.78 Å². The van der Waals surface area contributed by atoms with Crippen LogP contribution in [0, 0.1) is 0 Å². The fraction of sp³-hybridized carbons (Fsp3) is 0.167.